The van der Waals surface area contributed by atoms with Crippen LogP contribution in [-0.4, -0.2) is 10.1 Å². The molecule has 0 amide bonds. The molecule has 0 saturated heterocycles. The second kappa shape index (κ2) is 3.43. The first-order valence-corrected chi connectivity index (χ1v) is 4.47. The van der Waals surface area contributed by atoms with E-state index >= 15 is 0 Å². The number of aromatic hydroxyl groups is 1. The Morgan fingerprint density at radius 1 is 1.36 bits per heavy atom. The molecule has 2 N–H and O–H groups in total. The van der Waals surface area contributed by atoms with Gasteiger partial charge in [0.1, 0.15) is 0 Å². The Kier molecular flexibility index (Phi) is 2.11. The van der Waals surface area contributed by atoms with Crippen molar-refractivity contribution in [3.05, 3.63) is 29.8 Å². The van der Waals surface area contributed by atoms with Gasteiger partial charge in [0.15, 0.2) is 5.88 Å². The van der Waals surface area contributed by atoms with Gasteiger partial charge in [-0.05, 0) is 24.1 Å². The van der Waals surface area contributed by atoms with Gasteiger partial charge >= 0.3 is 0 Å². The molecule has 1 heterocycles. The molecule has 0 aliphatic heterocycles. The van der Waals surface area contributed by atoms with Crippen LogP contribution in [0.25, 0.3) is 10.9 Å². The maximum absolute atomic E-state index is 9.22. The minimum Gasteiger partial charge on any atom is -0.495 e. The molecule has 3 heteroatoms. The summed E-state index contributed by atoms with van der Waals surface area (Å²) in [6, 6.07) is 9.67. The van der Waals surface area contributed by atoms with Crippen LogP contribution in [-0.2, 0) is 6.42 Å². The lowest BCUT2D eigenvalue weighted by molar-refractivity contribution is 0.458. The smallest absolute Gasteiger partial charge is 0.189 e. The number of nitrogens with one attached hydrogen (secondary N) is 1. The number of H-pyrrole nitrogens is 1. The summed E-state index contributed by atoms with van der Waals surface area (Å²) in [5, 5.41) is 18.6. The predicted octanol–water partition coefficient (Wildman–Crippen LogP) is 2.33. The molecule has 0 radical (unpaired) electrons. The van der Waals surface area contributed by atoms with Crippen molar-refractivity contribution in [1.82, 2.24) is 4.98 Å². The van der Waals surface area contributed by atoms with Gasteiger partial charge in [-0.3, -0.25) is 0 Å². The second-order valence-electron chi connectivity index (χ2n) is 3.23. The molecule has 0 bridgehead atoms. The van der Waals surface area contributed by atoms with E-state index in [2.05, 4.69) is 11.1 Å². The summed E-state index contributed by atoms with van der Waals surface area (Å²) in [7, 11) is 0. The zero-order chi connectivity index (χ0) is 9.97. The fraction of sp³-hybridized carbons (Fsp3) is 0.182. The van der Waals surface area contributed by atoms with Crippen LogP contribution >= 0.6 is 0 Å². The normalized spacial score (nSPS) is 10.2. The number of hydrogen-bond acceptors (Lipinski definition) is 2. The van der Waals surface area contributed by atoms with E-state index in [9.17, 15) is 5.11 Å². The fourth-order valence-electron chi connectivity index (χ4n) is 1.52. The molecule has 2 aromatic rings. The molecule has 0 atom stereocenters. The van der Waals surface area contributed by atoms with Gasteiger partial charge in [0, 0.05) is 23.4 Å². The monoisotopic (exact) mass is 186 g/mol. The average molecular weight is 186 g/mol. The van der Waals surface area contributed by atoms with Crippen molar-refractivity contribution in [3.63, 3.8) is 0 Å². The largest absolute Gasteiger partial charge is 0.495 e. The summed E-state index contributed by atoms with van der Waals surface area (Å²) in [5.41, 5.74) is 2.04. The van der Waals surface area contributed by atoms with Crippen molar-refractivity contribution in [2.24, 2.45) is 0 Å². The molecule has 1 aromatic heterocycles. The van der Waals surface area contributed by atoms with Gasteiger partial charge in [0.25, 0.3) is 0 Å². The number of rotatable bonds is 2. The molecule has 0 unspecified atom stereocenters. The molecule has 3 nitrogen and oxygen atoms in total. The number of fused-ring (bicyclic) bond motifs is 1. The first-order valence-electron chi connectivity index (χ1n) is 4.47. The molecule has 0 aliphatic rings. The summed E-state index contributed by atoms with van der Waals surface area (Å²) in [6.07, 6.45) is 1.29. The van der Waals surface area contributed by atoms with E-state index in [0.29, 0.717) is 6.42 Å². The predicted molar refractivity (Wildman–Crippen MR) is 53.9 cm³/mol. The van der Waals surface area contributed by atoms with Gasteiger partial charge in [-0.2, -0.15) is 5.26 Å². The number of aromatic amines is 1. The number of nitrogens with zero attached hydrogens (tertiary/aromatic N) is 1. The van der Waals surface area contributed by atoms with E-state index in [1.807, 2.05) is 18.2 Å². The van der Waals surface area contributed by atoms with Gasteiger partial charge in [0.05, 0.1) is 6.07 Å². The third-order valence-corrected chi connectivity index (χ3v) is 2.20. The summed E-state index contributed by atoms with van der Waals surface area (Å²) in [5.74, 6) is 0.178. The minimum atomic E-state index is 0.178. The Hall–Kier alpha value is -1.95. The van der Waals surface area contributed by atoms with Gasteiger partial charge in [-0.15, -0.1) is 0 Å². The molecular formula is C11H10N2O. The fourth-order valence-corrected chi connectivity index (χ4v) is 1.52. The Morgan fingerprint density at radius 3 is 3.00 bits per heavy atom. The van der Waals surface area contributed by atoms with Gasteiger partial charge in [0.2, 0.25) is 0 Å². The van der Waals surface area contributed by atoms with Crippen molar-refractivity contribution < 1.29 is 5.11 Å². The highest BCUT2D eigenvalue weighted by Crippen LogP contribution is 2.20. The van der Waals surface area contributed by atoms with Crippen LogP contribution in [0.3, 0.4) is 0 Å². The van der Waals surface area contributed by atoms with E-state index in [0.717, 1.165) is 22.9 Å². The van der Waals surface area contributed by atoms with Gasteiger partial charge in [-0.1, -0.05) is 6.07 Å². The SMILES string of the molecule is N#CCCc1ccc2[nH]c(O)cc2c1. The summed E-state index contributed by atoms with van der Waals surface area (Å²) >= 11 is 0. The van der Waals surface area contributed by atoms with Crippen molar-refractivity contribution in [3.8, 4) is 11.9 Å². The Labute approximate surface area is 81.6 Å². The van der Waals surface area contributed by atoms with Crippen LogP contribution in [0.1, 0.15) is 12.0 Å². The maximum atomic E-state index is 9.22. The molecule has 0 spiro atoms. The number of aryl methyl sites for hydroxylation is 1. The van der Waals surface area contributed by atoms with Gasteiger partial charge < -0.3 is 10.1 Å². The van der Waals surface area contributed by atoms with E-state index in [-0.39, 0.29) is 5.88 Å². The van der Waals surface area contributed by atoms with Crippen molar-refractivity contribution in [2.45, 2.75) is 12.8 Å². The highest BCUT2D eigenvalue weighted by atomic mass is 16.3. The first-order chi connectivity index (χ1) is 6.79. The lowest BCUT2D eigenvalue weighted by Gasteiger charge is -1.96. The quantitative estimate of drug-likeness (QED) is 0.756. The van der Waals surface area contributed by atoms with Crippen LogP contribution < -0.4 is 0 Å². The Bertz CT molecular complexity index is 493. The van der Waals surface area contributed by atoms with E-state index in [1.54, 1.807) is 6.07 Å². The van der Waals surface area contributed by atoms with E-state index < -0.39 is 0 Å². The Morgan fingerprint density at radius 2 is 2.21 bits per heavy atom. The standard InChI is InChI=1S/C11H10N2O/c12-5-1-2-8-3-4-10-9(6-8)7-11(14)13-10/h3-4,6-7,13-14H,1-2H2. The highest BCUT2D eigenvalue weighted by Gasteiger charge is 2.00. The highest BCUT2D eigenvalue weighted by molar-refractivity contribution is 5.81. The topological polar surface area (TPSA) is 59.8 Å². The van der Waals surface area contributed by atoms with Crippen LogP contribution in [0.5, 0.6) is 5.88 Å². The van der Waals surface area contributed by atoms with Crippen LogP contribution in [0.4, 0.5) is 0 Å². The lowest BCUT2D eigenvalue weighted by atomic mass is 10.1. The average Bonchev–Trinajstić information content (AvgIpc) is 2.54. The molecule has 70 valence electrons. The summed E-state index contributed by atoms with van der Waals surface area (Å²) < 4.78 is 0. The van der Waals surface area contributed by atoms with Crippen LogP contribution in [0, 0.1) is 11.3 Å². The number of benzene rings is 1. The molecule has 0 fully saturated rings. The number of aromatic nitrogens is 1. The van der Waals surface area contributed by atoms with Crippen LogP contribution in [0.15, 0.2) is 24.3 Å². The zero-order valence-corrected chi connectivity index (χ0v) is 7.62. The first kappa shape index (κ1) is 8.64. The molecular weight excluding hydrogens is 176 g/mol. The summed E-state index contributed by atoms with van der Waals surface area (Å²) in [4.78, 5) is 2.83. The molecule has 0 saturated carbocycles. The number of nitriles is 1. The van der Waals surface area contributed by atoms with Crippen LogP contribution in [0.2, 0.25) is 0 Å². The lowest BCUT2D eigenvalue weighted by Crippen LogP contribution is -1.82. The molecule has 14 heavy (non-hydrogen) atoms. The minimum absolute atomic E-state index is 0.178. The number of hydrogen-bond donors (Lipinski definition) is 2. The maximum Gasteiger partial charge on any atom is 0.189 e. The van der Waals surface area contributed by atoms with E-state index in [1.165, 1.54) is 0 Å². The molecule has 1 aromatic carbocycles. The second-order valence-corrected chi connectivity index (χ2v) is 3.23. The van der Waals surface area contributed by atoms with Crippen molar-refractivity contribution >= 4 is 10.9 Å². The van der Waals surface area contributed by atoms with Crippen molar-refractivity contribution in [2.75, 3.05) is 0 Å². The third-order valence-electron chi connectivity index (χ3n) is 2.20. The van der Waals surface area contributed by atoms with E-state index in [4.69, 9.17) is 5.26 Å². The zero-order valence-electron chi connectivity index (χ0n) is 7.62. The molecule has 0 aliphatic carbocycles. The summed E-state index contributed by atoms with van der Waals surface area (Å²) in [6.45, 7) is 0. The molecule has 2 rings (SSSR count). The van der Waals surface area contributed by atoms with Gasteiger partial charge in [-0.25, -0.2) is 0 Å². The third kappa shape index (κ3) is 1.55. The Balaban J connectivity index is 2.36. The van der Waals surface area contributed by atoms with Crippen molar-refractivity contribution in [1.29, 1.82) is 5.26 Å².